The SMILES string of the molecule is C#CCC(N)c1nc(C(N)=O)no1. The van der Waals surface area contributed by atoms with E-state index in [1.165, 1.54) is 0 Å². The summed E-state index contributed by atoms with van der Waals surface area (Å²) in [7, 11) is 0. The summed E-state index contributed by atoms with van der Waals surface area (Å²) in [6.07, 6.45) is 5.29. The summed E-state index contributed by atoms with van der Waals surface area (Å²) in [5.74, 6) is 1.50. The van der Waals surface area contributed by atoms with E-state index < -0.39 is 11.9 Å². The highest BCUT2D eigenvalue weighted by Gasteiger charge is 2.15. The molecule has 0 aliphatic carbocycles. The Labute approximate surface area is 74.3 Å². The molecule has 0 aromatic carbocycles. The van der Waals surface area contributed by atoms with Gasteiger partial charge in [-0.25, -0.2) is 0 Å². The first kappa shape index (κ1) is 9.22. The molecular weight excluding hydrogens is 172 g/mol. The Morgan fingerprint density at radius 1 is 1.77 bits per heavy atom. The summed E-state index contributed by atoms with van der Waals surface area (Å²) in [6.45, 7) is 0. The molecular formula is C7H8N4O2. The minimum Gasteiger partial charge on any atom is -0.363 e. The Kier molecular flexibility index (Phi) is 2.62. The van der Waals surface area contributed by atoms with Crippen LogP contribution in [0.2, 0.25) is 0 Å². The number of rotatable bonds is 3. The Hall–Kier alpha value is -1.87. The van der Waals surface area contributed by atoms with E-state index in [0.29, 0.717) is 0 Å². The molecule has 0 aliphatic rings. The van der Waals surface area contributed by atoms with E-state index in [-0.39, 0.29) is 18.1 Å². The third-order valence-electron chi connectivity index (χ3n) is 1.32. The standard InChI is InChI=1S/C7H8N4O2/c1-2-3-4(8)7-10-6(5(9)12)11-13-7/h1,4H,3,8H2,(H2,9,12). The van der Waals surface area contributed by atoms with E-state index in [4.69, 9.17) is 17.9 Å². The summed E-state index contributed by atoms with van der Waals surface area (Å²) in [4.78, 5) is 14.2. The number of amides is 1. The van der Waals surface area contributed by atoms with Gasteiger partial charge in [0.1, 0.15) is 0 Å². The van der Waals surface area contributed by atoms with Crippen LogP contribution in [-0.4, -0.2) is 16.0 Å². The lowest BCUT2D eigenvalue weighted by Gasteiger charge is -1.98. The largest absolute Gasteiger partial charge is 0.363 e. The lowest BCUT2D eigenvalue weighted by molar-refractivity contribution is 0.0987. The van der Waals surface area contributed by atoms with Gasteiger partial charge in [0, 0.05) is 6.42 Å². The molecule has 1 heterocycles. The molecule has 6 heteroatoms. The Bertz CT molecular complexity index is 352. The van der Waals surface area contributed by atoms with Crippen LogP contribution in [0.25, 0.3) is 0 Å². The fourth-order valence-corrected chi connectivity index (χ4v) is 0.700. The number of hydrogen-bond donors (Lipinski definition) is 2. The Balaban J connectivity index is 2.80. The summed E-state index contributed by atoms with van der Waals surface area (Å²) < 4.78 is 4.66. The highest BCUT2D eigenvalue weighted by molar-refractivity contribution is 5.88. The first-order chi connectivity index (χ1) is 6.15. The highest BCUT2D eigenvalue weighted by atomic mass is 16.5. The van der Waals surface area contributed by atoms with Crippen LogP contribution in [0.4, 0.5) is 0 Å². The molecule has 68 valence electrons. The molecule has 1 aromatic heterocycles. The van der Waals surface area contributed by atoms with Crippen molar-refractivity contribution >= 4 is 5.91 Å². The van der Waals surface area contributed by atoms with E-state index in [1.807, 2.05) is 0 Å². The zero-order valence-electron chi connectivity index (χ0n) is 6.73. The van der Waals surface area contributed by atoms with E-state index in [2.05, 4.69) is 20.6 Å². The summed E-state index contributed by atoms with van der Waals surface area (Å²) in [6, 6.07) is -0.550. The smallest absolute Gasteiger partial charge is 0.290 e. The molecule has 0 fully saturated rings. The zero-order chi connectivity index (χ0) is 9.84. The molecule has 1 amide bonds. The van der Waals surface area contributed by atoms with Crippen LogP contribution in [0.5, 0.6) is 0 Å². The summed E-state index contributed by atoms with van der Waals surface area (Å²) in [5.41, 5.74) is 10.4. The third-order valence-corrected chi connectivity index (χ3v) is 1.32. The quantitative estimate of drug-likeness (QED) is 0.591. The molecule has 0 radical (unpaired) electrons. The fourth-order valence-electron chi connectivity index (χ4n) is 0.700. The molecule has 1 rings (SSSR count). The van der Waals surface area contributed by atoms with Crippen molar-refractivity contribution in [3.63, 3.8) is 0 Å². The van der Waals surface area contributed by atoms with Crippen LogP contribution >= 0.6 is 0 Å². The van der Waals surface area contributed by atoms with Crippen molar-refractivity contribution in [3.05, 3.63) is 11.7 Å². The number of nitrogens with zero attached hydrogens (tertiary/aromatic N) is 2. The Morgan fingerprint density at radius 2 is 2.46 bits per heavy atom. The van der Waals surface area contributed by atoms with Gasteiger partial charge >= 0.3 is 0 Å². The molecule has 0 bridgehead atoms. The normalized spacial score (nSPS) is 12.0. The topological polar surface area (TPSA) is 108 Å². The second-order valence-corrected chi connectivity index (χ2v) is 2.34. The first-order valence-electron chi connectivity index (χ1n) is 3.47. The van der Waals surface area contributed by atoms with Crippen LogP contribution in [0, 0.1) is 12.3 Å². The first-order valence-corrected chi connectivity index (χ1v) is 3.47. The van der Waals surface area contributed by atoms with E-state index in [9.17, 15) is 4.79 Å². The van der Waals surface area contributed by atoms with E-state index in [0.717, 1.165) is 0 Å². The van der Waals surface area contributed by atoms with Crippen molar-refractivity contribution < 1.29 is 9.32 Å². The number of aromatic nitrogens is 2. The van der Waals surface area contributed by atoms with Gasteiger partial charge in [0.05, 0.1) is 6.04 Å². The Morgan fingerprint density at radius 3 is 2.92 bits per heavy atom. The maximum Gasteiger partial charge on any atom is 0.290 e. The summed E-state index contributed by atoms with van der Waals surface area (Å²) in [5, 5.41) is 3.31. The van der Waals surface area contributed by atoms with Crippen LogP contribution < -0.4 is 11.5 Å². The van der Waals surface area contributed by atoms with Gasteiger partial charge in [-0.1, -0.05) is 5.16 Å². The van der Waals surface area contributed by atoms with Crippen LogP contribution in [0.3, 0.4) is 0 Å². The van der Waals surface area contributed by atoms with Gasteiger partial charge in [0.25, 0.3) is 11.7 Å². The summed E-state index contributed by atoms with van der Waals surface area (Å²) >= 11 is 0. The van der Waals surface area contributed by atoms with Crippen LogP contribution in [0.1, 0.15) is 29.0 Å². The number of nitrogens with two attached hydrogens (primary N) is 2. The van der Waals surface area contributed by atoms with Crippen molar-refractivity contribution in [1.29, 1.82) is 0 Å². The minimum atomic E-state index is -0.761. The molecule has 4 N–H and O–H groups in total. The lowest BCUT2D eigenvalue weighted by atomic mass is 10.2. The molecule has 1 unspecified atom stereocenters. The average molecular weight is 180 g/mol. The number of primary amides is 1. The molecule has 1 atom stereocenters. The minimum absolute atomic E-state index is 0.117. The third kappa shape index (κ3) is 2.04. The molecule has 0 saturated heterocycles. The van der Waals surface area contributed by atoms with Crippen molar-refractivity contribution in [2.45, 2.75) is 12.5 Å². The van der Waals surface area contributed by atoms with Crippen LogP contribution in [0.15, 0.2) is 4.52 Å². The van der Waals surface area contributed by atoms with E-state index in [1.54, 1.807) is 0 Å². The monoisotopic (exact) mass is 180 g/mol. The molecule has 1 aromatic rings. The maximum absolute atomic E-state index is 10.6. The lowest BCUT2D eigenvalue weighted by Crippen LogP contribution is -2.14. The van der Waals surface area contributed by atoms with Gasteiger partial charge in [0.2, 0.25) is 5.89 Å². The van der Waals surface area contributed by atoms with Gasteiger partial charge in [-0.05, 0) is 0 Å². The molecule has 0 spiro atoms. The second kappa shape index (κ2) is 3.69. The van der Waals surface area contributed by atoms with Crippen molar-refractivity contribution in [1.82, 2.24) is 10.1 Å². The molecule has 13 heavy (non-hydrogen) atoms. The number of hydrogen-bond acceptors (Lipinski definition) is 5. The van der Waals surface area contributed by atoms with Crippen molar-refractivity contribution in [2.24, 2.45) is 11.5 Å². The van der Waals surface area contributed by atoms with Crippen molar-refractivity contribution in [2.75, 3.05) is 0 Å². The van der Waals surface area contributed by atoms with Gasteiger partial charge in [-0.2, -0.15) is 4.98 Å². The van der Waals surface area contributed by atoms with Gasteiger partial charge < -0.3 is 16.0 Å². The number of carbonyl (C=O) groups excluding carboxylic acids is 1. The molecule has 6 nitrogen and oxygen atoms in total. The van der Waals surface area contributed by atoms with Gasteiger partial charge in [0.15, 0.2) is 0 Å². The van der Waals surface area contributed by atoms with Gasteiger partial charge in [-0.15, -0.1) is 12.3 Å². The second-order valence-electron chi connectivity index (χ2n) is 2.34. The maximum atomic E-state index is 10.6. The highest BCUT2D eigenvalue weighted by Crippen LogP contribution is 2.09. The molecule has 0 aliphatic heterocycles. The average Bonchev–Trinajstić information content (AvgIpc) is 2.52. The number of carbonyl (C=O) groups is 1. The van der Waals surface area contributed by atoms with Crippen LogP contribution in [-0.2, 0) is 0 Å². The number of terminal acetylenes is 1. The fraction of sp³-hybridized carbons (Fsp3) is 0.286. The predicted molar refractivity (Wildman–Crippen MR) is 43.2 cm³/mol. The zero-order valence-corrected chi connectivity index (χ0v) is 6.73. The molecule has 0 saturated carbocycles. The predicted octanol–water partition coefficient (Wildman–Crippen LogP) is -0.808. The van der Waals surface area contributed by atoms with E-state index >= 15 is 0 Å². The van der Waals surface area contributed by atoms with Crippen molar-refractivity contribution in [3.8, 4) is 12.3 Å². The van der Waals surface area contributed by atoms with Gasteiger partial charge in [-0.3, -0.25) is 4.79 Å².